The predicted molar refractivity (Wildman–Crippen MR) is 187 cm³/mol. The molecule has 0 aliphatic carbocycles. The number of likely N-dealkylation sites (tertiary alicyclic amines) is 1. The lowest BCUT2D eigenvalue weighted by molar-refractivity contribution is -0.121. The van der Waals surface area contributed by atoms with Crippen LogP contribution in [0.4, 0.5) is 9.59 Å². The molecule has 2 atom stereocenters. The molecule has 1 fully saturated rings. The highest BCUT2D eigenvalue weighted by atomic mass is 16.5. The summed E-state index contributed by atoms with van der Waals surface area (Å²) in [5.41, 5.74) is 4.05. The summed E-state index contributed by atoms with van der Waals surface area (Å²) in [5.74, 6) is 0.584. The highest BCUT2D eigenvalue weighted by molar-refractivity contribution is 5.88. The van der Waals surface area contributed by atoms with Crippen molar-refractivity contribution in [2.45, 2.75) is 63.8 Å². The number of Topliss-reactive ketones (excluding diaryl/α,β-unsaturated/α-hetero) is 1. The summed E-state index contributed by atoms with van der Waals surface area (Å²) >= 11 is 0. The Balaban J connectivity index is 1.19. The maximum Gasteiger partial charge on any atom is 0.408 e. The average Bonchev–Trinajstić information content (AvgIpc) is 3.59. The Morgan fingerprint density at radius 3 is 2.04 bits per heavy atom. The van der Waals surface area contributed by atoms with E-state index in [-0.39, 0.29) is 37.3 Å². The maximum absolute atomic E-state index is 13.9. The molecule has 1 saturated heterocycles. The molecular weight excluding hydrogens is 602 g/mol. The highest BCUT2D eigenvalue weighted by Gasteiger charge is 2.34. The van der Waals surface area contributed by atoms with Gasteiger partial charge < -0.3 is 24.6 Å². The van der Waals surface area contributed by atoms with Gasteiger partial charge in [-0.05, 0) is 66.5 Å². The van der Waals surface area contributed by atoms with Gasteiger partial charge in [-0.3, -0.25) is 4.79 Å². The highest BCUT2D eigenvalue weighted by Crippen LogP contribution is 2.24. The Hall–Kier alpha value is -5.11. The average molecular weight is 648 g/mol. The van der Waals surface area contributed by atoms with Crippen molar-refractivity contribution < 1.29 is 23.9 Å². The fraction of sp³-hybridized carbons (Fsp3) is 0.325. The molecule has 1 N–H and O–H groups in total. The number of amides is 3. The maximum atomic E-state index is 13.9. The molecule has 3 amide bonds. The zero-order chi connectivity index (χ0) is 33.6. The second-order valence-electron chi connectivity index (χ2n) is 12.3. The Kier molecular flexibility index (Phi) is 12.6. The number of hydrogen-bond acceptors (Lipinski definition) is 5. The number of alkyl carbamates (subject to hydrolysis) is 1. The van der Waals surface area contributed by atoms with Crippen LogP contribution >= 0.6 is 0 Å². The number of nitrogens with one attached hydrogen (secondary N) is 1. The minimum atomic E-state index is -0.814. The van der Waals surface area contributed by atoms with Gasteiger partial charge in [0.25, 0.3) is 0 Å². The number of carbonyl (C=O) groups excluding carboxylic acids is 3. The molecule has 8 heteroatoms. The summed E-state index contributed by atoms with van der Waals surface area (Å²) < 4.78 is 11.4. The molecule has 48 heavy (non-hydrogen) atoms. The summed E-state index contributed by atoms with van der Waals surface area (Å²) in [6, 6.07) is 36.1. The lowest BCUT2D eigenvalue weighted by Crippen LogP contribution is -2.48. The number of ether oxygens (including phenoxy) is 2. The van der Waals surface area contributed by atoms with E-state index >= 15 is 0 Å². The van der Waals surface area contributed by atoms with Gasteiger partial charge in [0, 0.05) is 32.6 Å². The van der Waals surface area contributed by atoms with Gasteiger partial charge in [0.2, 0.25) is 0 Å². The van der Waals surface area contributed by atoms with Gasteiger partial charge in [-0.25, -0.2) is 9.59 Å². The van der Waals surface area contributed by atoms with Gasteiger partial charge in [0.05, 0.1) is 6.04 Å². The molecule has 4 aromatic rings. The molecule has 0 bridgehead atoms. The third-order valence-electron chi connectivity index (χ3n) is 8.69. The molecule has 0 radical (unpaired) electrons. The van der Waals surface area contributed by atoms with E-state index in [9.17, 15) is 14.4 Å². The van der Waals surface area contributed by atoms with E-state index in [2.05, 4.69) is 17.4 Å². The van der Waals surface area contributed by atoms with Gasteiger partial charge in [0.1, 0.15) is 19.0 Å². The third kappa shape index (κ3) is 10.5. The van der Waals surface area contributed by atoms with Crippen LogP contribution in [0.1, 0.15) is 47.9 Å². The molecule has 0 spiro atoms. The number of ketones is 1. The van der Waals surface area contributed by atoms with Gasteiger partial charge in [0.15, 0.2) is 5.78 Å². The third-order valence-corrected chi connectivity index (χ3v) is 8.69. The largest absolute Gasteiger partial charge is 0.489 e. The second-order valence-corrected chi connectivity index (χ2v) is 12.3. The number of carbonyl (C=O) groups is 3. The van der Waals surface area contributed by atoms with Crippen molar-refractivity contribution in [3.8, 4) is 5.75 Å². The molecule has 1 aliphatic rings. The summed E-state index contributed by atoms with van der Waals surface area (Å²) in [5, 5.41) is 2.83. The van der Waals surface area contributed by atoms with Crippen molar-refractivity contribution in [2.24, 2.45) is 0 Å². The Bertz CT molecular complexity index is 1580. The Morgan fingerprint density at radius 2 is 1.40 bits per heavy atom. The van der Waals surface area contributed by atoms with Crippen LogP contribution in [0.25, 0.3) is 0 Å². The smallest absolute Gasteiger partial charge is 0.408 e. The molecule has 8 nitrogen and oxygen atoms in total. The number of nitrogens with zero attached hydrogens (tertiary/aromatic N) is 2. The number of aryl methyl sites for hydroxylation is 1. The van der Waals surface area contributed by atoms with Gasteiger partial charge in [-0.15, -0.1) is 0 Å². The summed E-state index contributed by atoms with van der Waals surface area (Å²) in [6.45, 7) is 1.80. The van der Waals surface area contributed by atoms with Gasteiger partial charge >= 0.3 is 12.1 Å². The van der Waals surface area contributed by atoms with E-state index in [1.165, 1.54) is 5.56 Å². The van der Waals surface area contributed by atoms with Crippen LogP contribution in [0.2, 0.25) is 0 Å². The van der Waals surface area contributed by atoms with E-state index in [4.69, 9.17) is 9.47 Å². The van der Waals surface area contributed by atoms with Gasteiger partial charge in [-0.1, -0.05) is 103 Å². The van der Waals surface area contributed by atoms with Gasteiger partial charge in [-0.2, -0.15) is 0 Å². The number of urea groups is 1. The van der Waals surface area contributed by atoms with Crippen LogP contribution in [0.3, 0.4) is 0 Å². The molecule has 0 unspecified atom stereocenters. The number of hydrogen-bond donors (Lipinski definition) is 1. The first-order chi connectivity index (χ1) is 23.4. The van der Waals surface area contributed by atoms with Crippen LogP contribution in [-0.2, 0) is 35.6 Å². The van der Waals surface area contributed by atoms with Crippen LogP contribution in [-0.4, -0.2) is 59.9 Å². The topological polar surface area (TPSA) is 88.2 Å². The molecule has 1 aliphatic heterocycles. The minimum Gasteiger partial charge on any atom is -0.489 e. The van der Waals surface area contributed by atoms with Crippen LogP contribution in [0, 0.1) is 0 Å². The first-order valence-electron chi connectivity index (χ1n) is 16.8. The van der Waals surface area contributed by atoms with Crippen molar-refractivity contribution >= 4 is 17.9 Å². The zero-order valence-electron chi connectivity index (χ0n) is 27.6. The fourth-order valence-electron chi connectivity index (χ4n) is 6.00. The Labute approximate surface area is 283 Å². The normalized spacial score (nSPS) is 14.6. The van der Waals surface area contributed by atoms with E-state index in [1.54, 1.807) is 4.90 Å². The number of benzene rings is 4. The van der Waals surface area contributed by atoms with Crippen molar-refractivity contribution in [1.82, 2.24) is 15.1 Å². The minimum absolute atomic E-state index is 0.0590. The van der Waals surface area contributed by atoms with Crippen molar-refractivity contribution in [2.75, 3.05) is 20.1 Å². The van der Waals surface area contributed by atoms with Crippen LogP contribution in [0.15, 0.2) is 115 Å². The lowest BCUT2D eigenvalue weighted by atomic mass is 9.97. The number of rotatable bonds is 15. The SMILES string of the molecule is CN(CCCc1ccccc1)C(=O)N1CCC[C@H]1CC(=O)[C@H](Cc1ccc(OCc2ccccc2)cc1)NC(=O)OCc1ccccc1. The summed E-state index contributed by atoms with van der Waals surface area (Å²) in [7, 11) is 1.82. The quantitative estimate of drug-likeness (QED) is 0.147. The lowest BCUT2D eigenvalue weighted by Gasteiger charge is -2.30. The van der Waals surface area contributed by atoms with E-state index in [0.29, 0.717) is 25.4 Å². The first-order valence-corrected chi connectivity index (χ1v) is 16.8. The standard InChI is InChI=1S/C40H45N3O5/c1-42(25-11-19-31-13-5-2-6-14-31)40(46)43-26-12-20-35(43)28-38(44)37(41-39(45)48-30-34-17-9-4-10-18-34)27-32-21-23-36(24-22-32)47-29-33-15-7-3-8-16-33/h2-10,13-18,21-24,35,37H,11-12,19-20,25-30H2,1H3,(H,41,45)/t35-,37-/m0/s1. The molecule has 1 heterocycles. The molecule has 250 valence electrons. The fourth-order valence-corrected chi connectivity index (χ4v) is 6.00. The van der Waals surface area contributed by atoms with E-state index < -0.39 is 12.1 Å². The predicted octanol–water partition coefficient (Wildman–Crippen LogP) is 7.21. The molecular formula is C40H45N3O5. The monoisotopic (exact) mass is 647 g/mol. The van der Waals surface area contributed by atoms with Crippen LogP contribution in [0.5, 0.6) is 5.75 Å². The zero-order valence-corrected chi connectivity index (χ0v) is 27.6. The van der Waals surface area contributed by atoms with Crippen molar-refractivity contribution in [1.29, 1.82) is 0 Å². The molecule has 0 aromatic heterocycles. The van der Waals surface area contributed by atoms with E-state index in [0.717, 1.165) is 42.4 Å². The second kappa shape index (κ2) is 17.7. The summed E-state index contributed by atoms with van der Waals surface area (Å²) in [6.07, 6.45) is 3.13. The van der Waals surface area contributed by atoms with Crippen molar-refractivity contribution in [3.05, 3.63) is 138 Å². The van der Waals surface area contributed by atoms with Crippen LogP contribution < -0.4 is 10.1 Å². The molecule has 4 aromatic carbocycles. The first kappa shape index (κ1) is 34.2. The molecule has 5 rings (SSSR count). The Morgan fingerprint density at radius 1 is 0.792 bits per heavy atom. The molecule has 0 saturated carbocycles. The van der Waals surface area contributed by atoms with E-state index in [1.807, 2.05) is 115 Å². The van der Waals surface area contributed by atoms with Crippen molar-refractivity contribution in [3.63, 3.8) is 0 Å². The summed E-state index contributed by atoms with van der Waals surface area (Å²) in [4.78, 5) is 43.8.